The number of rotatable bonds is 8. The lowest BCUT2D eigenvalue weighted by molar-refractivity contribution is -0.150. The Kier molecular flexibility index (Phi) is 5.98. The van der Waals surface area contributed by atoms with E-state index in [0.717, 1.165) is 5.56 Å². The molecule has 0 spiro atoms. The van der Waals surface area contributed by atoms with Crippen molar-refractivity contribution in [3.05, 3.63) is 35.9 Å². The van der Waals surface area contributed by atoms with Crippen LogP contribution in [0.25, 0.3) is 0 Å². The average molecular weight is 267 g/mol. The molecule has 0 bridgehead atoms. The van der Waals surface area contributed by atoms with Crippen molar-refractivity contribution < 1.29 is 24.5 Å². The van der Waals surface area contributed by atoms with Gasteiger partial charge in [0.15, 0.2) is 6.10 Å². The molecule has 0 aromatic heterocycles. The minimum absolute atomic E-state index is 0.131. The Balaban J connectivity index is 2.58. The average Bonchev–Trinajstić information content (AvgIpc) is 2.39. The number of aliphatic carboxylic acids is 2. The van der Waals surface area contributed by atoms with Crippen LogP contribution in [0.4, 0.5) is 0 Å². The Bertz CT molecular complexity index is 420. The SMILES string of the molecule is COC(C[C@H](NCc1ccccc1)C(=O)O)C(=O)O. The summed E-state index contributed by atoms with van der Waals surface area (Å²) in [4.78, 5) is 21.9. The van der Waals surface area contributed by atoms with E-state index in [1.165, 1.54) is 7.11 Å². The van der Waals surface area contributed by atoms with E-state index < -0.39 is 24.1 Å². The van der Waals surface area contributed by atoms with Crippen molar-refractivity contribution in [3.63, 3.8) is 0 Å². The summed E-state index contributed by atoms with van der Waals surface area (Å²) >= 11 is 0. The molecule has 0 saturated heterocycles. The lowest BCUT2D eigenvalue weighted by Gasteiger charge is -2.18. The van der Waals surface area contributed by atoms with Gasteiger partial charge in [-0.05, 0) is 5.56 Å². The molecule has 104 valence electrons. The zero-order chi connectivity index (χ0) is 14.3. The summed E-state index contributed by atoms with van der Waals surface area (Å²) in [6.45, 7) is 0.355. The summed E-state index contributed by atoms with van der Waals surface area (Å²) in [6, 6.07) is 8.31. The van der Waals surface area contributed by atoms with Crippen LogP contribution in [-0.2, 0) is 20.9 Å². The maximum atomic E-state index is 11.1. The number of hydrogen-bond acceptors (Lipinski definition) is 4. The third-order valence-electron chi connectivity index (χ3n) is 2.70. The van der Waals surface area contributed by atoms with E-state index in [9.17, 15) is 9.59 Å². The molecule has 6 heteroatoms. The third kappa shape index (κ3) is 5.07. The highest BCUT2D eigenvalue weighted by Gasteiger charge is 2.26. The molecule has 0 aliphatic rings. The number of carboxylic acids is 2. The maximum absolute atomic E-state index is 11.1. The molecule has 1 rings (SSSR count). The highest BCUT2D eigenvalue weighted by molar-refractivity contribution is 5.77. The lowest BCUT2D eigenvalue weighted by Crippen LogP contribution is -2.41. The van der Waals surface area contributed by atoms with Gasteiger partial charge in [-0.25, -0.2) is 4.79 Å². The molecule has 0 fully saturated rings. The molecule has 1 unspecified atom stereocenters. The van der Waals surface area contributed by atoms with Crippen LogP contribution in [0.3, 0.4) is 0 Å². The van der Waals surface area contributed by atoms with Gasteiger partial charge < -0.3 is 20.3 Å². The Hall–Kier alpha value is -1.92. The normalized spacial score (nSPS) is 13.7. The standard InChI is InChI=1S/C13H17NO5/c1-19-11(13(17)18)7-10(12(15)16)14-8-9-5-3-2-4-6-9/h2-6,10-11,14H,7-8H2,1H3,(H,15,16)(H,17,18)/t10-,11?/m0/s1. The number of hydrogen-bond donors (Lipinski definition) is 3. The fourth-order valence-corrected chi connectivity index (χ4v) is 1.62. The molecule has 3 N–H and O–H groups in total. The van der Waals surface area contributed by atoms with Gasteiger partial charge in [-0.1, -0.05) is 30.3 Å². The zero-order valence-electron chi connectivity index (χ0n) is 10.6. The van der Waals surface area contributed by atoms with E-state index in [4.69, 9.17) is 14.9 Å². The van der Waals surface area contributed by atoms with Gasteiger partial charge in [0.05, 0.1) is 0 Å². The first kappa shape index (κ1) is 15.1. The highest BCUT2D eigenvalue weighted by Crippen LogP contribution is 2.05. The van der Waals surface area contributed by atoms with Crippen molar-refractivity contribution in [2.24, 2.45) is 0 Å². The van der Waals surface area contributed by atoms with Crippen LogP contribution in [-0.4, -0.2) is 41.4 Å². The summed E-state index contributed by atoms with van der Waals surface area (Å²) < 4.78 is 4.74. The molecular weight excluding hydrogens is 250 g/mol. The second-order valence-corrected chi connectivity index (χ2v) is 4.06. The topological polar surface area (TPSA) is 95.9 Å². The third-order valence-corrected chi connectivity index (χ3v) is 2.70. The van der Waals surface area contributed by atoms with Crippen LogP contribution >= 0.6 is 0 Å². The Morgan fingerprint density at radius 1 is 1.21 bits per heavy atom. The molecule has 6 nitrogen and oxygen atoms in total. The minimum atomic E-state index is -1.17. The first-order valence-electron chi connectivity index (χ1n) is 5.80. The lowest BCUT2D eigenvalue weighted by atomic mass is 10.1. The van der Waals surface area contributed by atoms with Gasteiger partial charge in [-0.2, -0.15) is 0 Å². The van der Waals surface area contributed by atoms with Crippen LogP contribution in [0.1, 0.15) is 12.0 Å². The Labute approximate surface area is 111 Å². The molecule has 0 aliphatic carbocycles. The van der Waals surface area contributed by atoms with E-state index in [0.29, 0.717) is 6.54 Å². The summed E-state index contributed by atoms with van der Waals surface area (Å²) in [7, 11) is 1.24. The van der Waals surface area contributed by atoms with Crippen molar-refractivity contribution >= 4 is 11.9 Å². The van der Waals surface area contributed by atoms with Crippen molar-refractivity contribution in [2.45, 2.75) is 25.1 Å². The van der Waals surface area contributed by atoms with Crippen molar-refractivity contribution in [2.75, 3.05) is 7.11 Å². The van der Waals surface area contributed by atoms with E-state index in [-0.39, 0.29) is 6.42 Å². The number of carboxylic acid groups (broad SMARTS) is 2. The molecule has 0 radical (unpaired) electrons. The maximum Gasteiger partial charge on any atom is 0.332 e. The number of methoxy groups -OCH3 is 1. The minimum Gasteiger partial charge on any atom is -0.480 e. The van der Waals surface area contributed by atoms with Crippen molar-refractivity contribution in [1.82, 2.24) is 5.32 Å². The molecule has 0 aliphatic heterocycles. The monoisotopic (exact) mass is 267 g/mol. The van der Waals surface area contributed by atoms with Crippen molar-refractivity contribution in [1.29, 1.82) is 0 Å². The fraction of sp³-hybridized carbons (Fsp3) is 0.385. The first-order chi connectivity index (χ1) is 9.04. The van der Waals surface area contributed by atoms with Gasteiger partial charge >= 0.3 is 11.9 Å². The molecule has 19 heavy (non-hydrogen) atoms. The smallest absolute Gasteiger partial charge is 0.332 e. The highest BCUT2D eigenvalue weighted by atomic mass is 16.5. The van der Waals surface area contributed by atoms with Crippen molar-refractivity contribution in [3.8, 4) is 0 Å². The first-order valence-corrected chi connectivity index (χ1v) is 5.80. The number of nitrogens with one attached hydrogen (secondary N) is 1. The van der Waals surface area contributed by atoms with Crippen LogP contribution < -0.4 is 5.32 Å². The predicted octanol–water partition coefficient (Wildman–Crippen LogP) is 0.719. The van der Waals surface area contributed by atoms with E-state index >= 15 is 0 Å². The largest absolute Gasteiger partial charge is 0.480 e. The van der Waals surface area contributed by atoms with Crippen LogP contribution in [0.2, 0.25) is 0 Å². The van der Waals surface area contributed by atoms with Gasteiger partial charge in [0, 0.05) is 20.1 Å². The number of ether oxygens (including phenoxy) is 1. The molecule has 2 atom stereocenters. The predicted molar refractivity (Wildman–Crippen MR) is 67.8 cm³/mol. The van der Waals surface area contributed by atoms with E-state index in [2.05, 4.69) is 5.32 Å². The molecule has 1 aromatic carbocycles. The molecule has 0 amide bonds. The molecule has 0 saturated carbocycles. The molecule has 0 heterocycles. The van der Waals surface area contributed by atoms with Gasteiger partial charge in [-0.15, -0.1) is 0 Å². The summed E-state index contributed by atoms with van der Waals surface area (Å²) in [6.07, 6.45) is -1.27. The van der Waals surface area contributed by atoms with Crippen LogP contribution in [0.15, 0.2) is 30.3 Å². The summed E-state index contributed by atoms with van der Waals surface area (Å²) in [5.41, 5.74) is 0.929. The Morgan fingerprint density at radius 3 is 2.32 bits per heavy atom. The van der Waals surface area contributed by atoms with Gasteiger partial charge in [0.25, 0.3) is 0 Å². The van der Waals surface area contributed by atoms with Crippen LogP contribution in [0, 0.1) is 0 Å². The molecule has 1 aromatic rings. The quantitative estimate of drug-likeness (QED) is 0.642. The summed E-state index contributed by atoms with van der Waals surface area (Å²) in [5.74, 6) is -2.27. The number of benzene rings is 1. The molecular formula is C13H17NO5. The summed E-state index contributed by atoms with van der Waals surface area (Å²) in [5, 5.41) is 20.7. The number of carbonyl (C=O) groups is 2. The zero-order valence-corrected chi connectivity index (χ0v) is 10.6. The van der Waals surface area contributed by atoms with Gasteiger partial charge in [-0.3, -0.25) is 4.79 Å². The fourth-order valence-electron chi connectivity index (χ4n) is 1.62. The Morgan fingerprint density at radius 2 is 1.84 bits per heavy atom. The van der Waals surface area contributed by atoms with E-state index in [1.54, 1.807) is 0 Å². The van der Waals surface area contributed by atoms with Gasteiger partial charge in [0.2, 0.25) is 0 Å². The second kappa shape index (κ2) is 7.50. The van der Waals surface area contributed by atoms with Crippen LogP contribution in [0.5, 0.6) is 0 Å². The second-order valence-electron chi connectivity index (χ2n) is 4.06. The van der Waals surface area contributed by atoms with E-state index in [1.807, 2.05) is 30.3 Å². The van der Waals surface area contributed by atoms with Gasteiger partial charge in [0.1, 0.15) is 6.04 Å².